The van der Waals surface area contributed by atoms with Crippen LogP contribution in [0.5, 0.6) is 0 Å². The standard InChI is InChI=1S/C12H14O2S/c1-2-14-12(13)11-5-3-4-10(11)9-6-7-15-8-9/h4,6-8,11H,2-3,5H2,1H3/t11-/m1/s1. The van der Waals surface area contributed by atoms with Gasteiger partial charge in [0, 0.05) is 0 Å². The molecular weight excluding hydrogens is 208 g/mol. The van der Waals surface area contributed by atoms with Crippen molar-refractivity contribution >= 4 is 22.9 Å². The third-order valence-corrected chi connectivity index (χ3v) is 3.30. The van der Waals surface area contributed by atoms with E-state index in [0.29, 0.717) is 6.61 Å². The molecule has 2 rings (SSSR count). The van der Waals surface area contributed by atoms with Crippen molar-refractivity contribution in [3.8, 4) is 0 Å². The largest absolute Gasteiger partial charge is 0.466 e. The minimum Gasteiger partial charge on any atom is -0.466 e. The summed E-state index contributed by atoms with van der Waals surface area (Å²) in [4.78, 5) is 11.7. The van der Waals surface area contributed by atoms with E-state index in [9.17, 15) is 4.79 Å². The van der Waals surface area contributed by atoms with Crippen LogP contribution in [0.4, 0.5) is 0 Å². The third kappa shape index (κ3) is 2.12. The molecule has 1 aliphatic carbocycles. The fraction of sp³-hybridized carbons (Fsp3) is 0.417. The second kappa shape index (κ2) is 4.62. The highest BCUT2D eigenvalue weighted by atomic mass is 32.1. The fourth-order valence-corrected chi connectivity index (χ4v) is 2.60. The number of esters is 1. The average Bonchev–Trinajstić information content (AvgIpc) is 2.88. The Morgan fingerprint density at radius 2 is 2.53 bits per heavy atom. The van der Waals surface area contributed by atoms with Crippen LogP contribution in [0, 0.1) is 5.92 Å². The smallest absolute Gasteiger partial charge is 0.313 e. The molecule has 0 bridgehead atoms. The molecule has 0 unspecified atom stereocenters. The van der Waals surface area contributed by atoms with E-state index in [-0.39, 0.29) is 11.9 Å². The first kappa shape index (κ1) is 10.4. The van der Waals surface area contributed by atoms with Crippen molar-refractivity contribution in [3.05, 3.63) is 28.5 Å². The topological polar surface area (TPSA) is 26.3 Å². The van der Waals surface area contributed by atoms with E-state index in [4.69, 9.17) is 4.74 Å². The van der Waals surface area contributed by atoms with Gasteiger partial charge in [0.15, 0.2) is 0 Å². The number of thiophene rings is 1. The van der Waals surface area contributed by atoms with Crippen molar-refractivity contribution in [2.24, 2.45) is 5.92 Å². The normalized spacial score (nSPS) is 20.1. The lowest BCUT2D eigenvalue weighted by atomic mass is 9.97. The van der Waals surface area contributed by atoms with Crippen LogP contribution in [0.2, 0.25) is 0 Å². The van der Waals surface area contributed by atoms with Crippen molar-refractivity contribution < 1.29 is 9.53 Å². The van der Waals surface area contributed by atoms with Crippen LogP contribution in [0.1, 0.15) is 25.3 Å². The summed E-state index contributed by atoms with van der Waals surface area (Å²) >= 11 is 1.66. The summed E-state index contributed by atoms with van der Waals surface area (Å²) in [6.45, 7) is 2.31. The van der Waals surface area contributed by atoms with Crippen LogP contribution in [-0.4, -0.2) is 12.6 Å². The molecule has 0 fully saturated rings. The van der Waals surface area contributed by atoms with Crippen LogP contribution >= 0.6 is 11.3 Å². The van der Waals surface area contributed by atoms with Gasteiger partial charge in [-0.2, -0.15) is 11.3 Å². The summed E-state index contributed by atoms with van der Waals surface area (Å²) in [5.41, 5.74) is 2.32. The zero-order valence-electron chi connectivity index (χ0n) is 8.73. The number of carbonyl (C=O) groups excluding carboxylic acids is 1. The van der Waals surface area contributed by atoms with Crippen LogP contribution in [-0.2, 0) is 9.53 Å². The number of hydrogen-bond donors (Lipinski definition) is 0. The minimum atomic E-state index is -0.0764. The average molecular weight is 222 g/mol. The Labute approximate surface area is 93.6 Å². The second-order valence-electron chi connectivity index (χ2n) is 3.55. The third-order valence-electron chi connectivity index (χ3n) is 2.62. The fourth-order valence-electron chi connectivity index (χ4n) is 1.94. The lowest BCUT2D eigenvalue weighted by molar-refractivity contribution is -0.145. The van der Waals surface area contributed by atoms with E-state index >= 15 is 0 Å². The molecule has 1 aromatic heterocycles. The molecule has 0 saturated heterocycles. The highest BCUT2D eigenvalue weighted by molar-refractivity contribution is 7.08. The van der Waals surface area contributed by atoms with E-state index in [2.05, 4.69) is 17.5 Å². The molecule has 0 aliphatic heterocycles. The van der Waals surface area contributed by atoms with Crippen molar-refractivity contribution in [3.63, 3.8) is 0 Å². The molecule has 15 heavy (non-hydrogen) atoms. The minimum absolute atomic E-state index is 0.0421. The van der Waals surface area contributed by atoms with Crippen molar-refractivity contribution in [1.29, 1.82) is 0 Å². The van der Waals surface area contributed by atoms with Crippen LogP contribution < -0.4 is 0 Å². The summed E-state index contributed by atoms with van der Waals surface area (Å²) < 4.78 is 5.08. The van der Waals surface area contributed by atoms with Gasteiger partial charge >= 0.3 is 5.97 Å². The van der Waals surface area contributed by atoms with Crippen molar-refractivity contribution in [1.82, 2.24) is 0 Å². The Morgan fingerprint density at radius 1 is 1.67 bits per heavy atom. The molecule has 1 aromatic rings. The van der Waals surface area contributed by atoms with E-state index < -0.39 is 0 Å². The first-order valence-electron chi connectivity index (χ1n) is 5.22. The van der Waals surface area contributed by atoms with Gasteiger partial charge in [-0.25, -0.2) is 0 Å². The predicted octanol–water partition coefficient (Wildman–Crippen LogP) is 3.10. The molecule has 0 radical (unpaired) electrons. The van der Waals surface area contributed by atoms with Crippen molar-refractivity contribution in [2.45, 2.75) is 19.8 Å². The van der Waals surface area contributed by atoms with Gasteiger partial charge in [0.2, 0.25) is 0 Å². The van der Waals surface area contributed by atoms with E-state index in [1.165, 1.54) is 5.56 Å². The zero-order chi connectivity index (χ0) is 10.7. The van der Waals surface area contributed by atoms with Gasteiger partial charge in [-0.05, 0) is 47.7 Å². The molecule has 2 nitrogen and oxygen atoms in total. The Bertz CT molecular complexity index is 365. The van der Waals surface area contributed by atoms with E-state index in [1.54, 1.807) is 11.3 Å². The molecule has 1 heterocycles. The summed E-state index contributed by atoms with van der Waals surface area (Å²) in [5, 5.41) is 4.13. The molecule has 3 heteroatoms. The lowest BCUT2D eigenvalue weighted by Gasteiger charge is -2.12. The molecule has 0 aromatic carbocycles. The molecular formula is C12H14O2S. The maximum atomic E-state index is 11.7. The Hall–Kier alpha value is -1.09. The number of carbonyl (C=O) groups is 1. The number of rotatable bonds is 3. The first-order chi connectivity index (χ1) is 7.33. The molecule has 1 aliphatic rings. The van der Waals surface area contributed by atoms with Gasteiger partial charge in [-0.15, -0.1) is 0 Å². The summed E-state index contributed by atoms with van der Waals surface area (Å²) in [6.07, 6.45) is 4.03. The van der Waals surface area contributed by atoms with Gasteiger partial charge in [0.05, 0.1) is 12.5 Å². The van der Waals surface area contributed by atoms with Gasteiger partial charge in [0.1, 0.15) is 0 Å². The Kier molecular flexibility index (Phi) is 3.21. The van der Waals surface area contributed by atoms with Gasteiger partial charge < -0.3 is 4.74 Å². The predicted molar refractivity (Wildman–Crippen MR) is 61.7 cm³/mol. The number of allylic oxidation sites excluding steroid dienone is 1. The lowest BCUT2D eigenvalue weighted by Crippen LogP contribution is -2.16. The molecule has 0 spiro atoms. The van der Waals surface area contributed by atoms with Gasteiger partial charge in [0.25, 0.3) is 0 Å². The van der Waals surface area contributed by atoms with Crippen LogP contribution in [0.3, 0.4) is 0 Å². The number of ether oxygens (including phenoxy) is 1. The Morgan fingerprint density at radius 3 is 3.20 bits per heavy atom. The van der Waals surface area contributed by atoms with Crippen LogP contribution in [0.25, 0.3) is 5.57 Å². The SMILES string of the molecule is CCOC(=O)[C@@H]1CCC=C1c1ccsc1. The summed E-state index contributed by atoms with van der Waals surface area (Å²) in [5.74, 6) is -0.119. The number of hydrogen-bond acceptors (Lipinski definition) is 3. The summed E-state index contributed by atoms with van der Waals surface area (Å²) in [6, 6.07) is 2.06. The zero-order valence-corrected chi connectivity index (χ0v) is 9.55. The quantitative estimate of drug-likeness (QED) is 0.734. The molecule has 1 atom stereocenters. The van der Waals surface area contributed by atoms with Crippen molar-refractivity contribution in [2.75, 3.05) is 6.61 Å². The maximum Gasteiger partial charge on any atom is 0.313 e. The Balaban J connectivity index is 2.15. The first-order valence-corrected chi connectivity index (χ1v) is 6.16. The molecule has 80 valence electrons. The maximum absolute atomic E-state index is 11.7. The highest BCUT2D eigenvalue weighted by Crippen LogP contribution is 2.35. The monoisotopic (exact) mass is 222 g/mol. The van der Waals surface area contributed by atoms with E-state index in [1.807, 2.05) is 12.3 Å². The molecule has 0 N–H and O–H groups in total. The highest BCUT2D eigenvalue weighted by Gasteiger charge is 2.28. The summed E-state index contributed by atoms with van der Waals surface area (Å²) in [7, 11) is 0. The van der Waals surface area contributed by atoms with E-state index in [0.717, 1.165) is 18.4 Å². The van der Waals surface area contributed by atoms with Gasteiger partial charge in [-0.1, -0.05) is 6.08 Å². The van der Waals surface area contributed by atoms with Crippen LogP contribution in [0.15, 0.2) is 22.9 Å². The molecule has 0 saturated carbocycles. The second-order valence-corrected chi connectivity index (χ2v) is 4.33. The molecule has 0 amide bonds. The van der Waals surface area contributed by atoms with Gasteiger partial charge in [-0.3, -0.25) is 4.79 Å².